The second kappa shape index (κ2) is 6.60. The third-order valence-electron chi connectivity index (χ3n) is 3.04. The van der Waals surface area contributed by atoms with Crippen molar-refractivity contribution in [2.24, 2.45) is 0 Å². The molecule has 0 heterocycles. The fourth-order valence-electron chi connectivity index (χ4n) is 1.43. The number of likely N-dealkylation sites (N-methyl/N-ethyl adjacent to an activating group) is 1. The Bertz CT molecular complexity index is 366. The lowest BCUT2D eigenvalue weighted by Crippen LogP contribution is -2.36. The van der Waals surface area contributed by atoms with Gasteiger partial charge in [-0.1, -0.05) is 29.3 Å². The lowest BCUT2D eigenvalue weighted by atomic mass is 10.1. The van der Waals surface area contributed by atoms with Crippen LogP contribution in [0.1, 0.15) is 25.5 Å². The summed E-state index contributed by atoms with van der Waals surface area (Å²) in [5.41, 5.74) is 1.16. The number of rotatable bonds is 5. The molecule has 0 radical (unpaired) electrons. The Morgan fingerprint density at radius 3 is 2.35 bits per heavy atom. The van der Waals surface area contributed by atoms with Gasteiger partial charge in [-0.2, -0.15) is 0 Å². The highest BCUT2D eigenvalue weighted by atomic mass is 35.5. The third kappa shape index (κ3) is 4.47. The van der Waals surface area contributed by atoms with E-state index in [0.717, 1.165) is 12.1 Å². The maximum Gasteiger partial charge on any atom is 0.0595 e. The highest BCUT2D eigenvalue weighted by Crippen LogP contribution is 2.25. The molecule has 1 rings (SSSR count). The lowest BCUT2D eigenvalue weighted by molar-refractivity contribution is 0.295. The second-order valence-corrected chi connectivity index (χ2v) is 5.43. The van der Waals surface area contributed by atoms with E-state index in [1.807, 2.05) is 18.2 Å². The zero-order chi connectivity index (χ0) is 13.0. The second-order valence-electron chi connectivity index (χ2n) is 4.62. The molecule has 0 bridgehead atoms. The zero-order valence-corrected chi connectivity index (χ0v) is 12.3. The van der Waals surface area contributed by atoms with Crippen LogP contribution in [0.25, 0.3) is 0 Å². The Kier molecular flexibility index (Phi) is 5.74. The molecule has 0 aromatic heterocycles. The first-order valence-electron chi connectivity index (χ1n) is 5.76. The largest absolute Gasteiger partial charge is 0.309 e. The van der Waals surface area contributed by atoms with Crippen LogP contribution in [-0.4, -0.2) is 31.6 Å². The minimum Gasteiger partial charge on any atom is -0.309 e. The summed E-state index contributed by atoms with van der Waals surface area (Å²) in [6.45, 7) is 5.25. The predicted molar refractivity (Wildman–Crippen MR) is 76.0 cm³/mol. The number of hydrogen-bond acceptors (Lipinski definition) is 2. The Balaban J connectivity index is 2.58. The Labute approximate surface area is 114 Å². The molecule has 0 aliphatic heterocycles. The van der Waals surface area contributed by atoms with Crippen molar-refractivity contribution in [3.8, 4) is 0 Å². The van der Waals surface area contributed by atoms with Gasteiger partial charge in [0, 0.05) is 18.6 Å². The van der Waals surface area contributed by atoms with Crippen LogP contribution < -0.4 is 5.32 Å². The van der Waals surface area contributed by atoms with Gasteiger partial charge in [0.2, 0.25) is 0 Å². The molecule has 17 heavy (non-hydrogen) atoms. The molecule has 2 unspecified atom stereocenters. The third-order valence-corrected chi connectivity index (χ3v) is 3.78. The smallest absolute Gasteiger partial charge is 0.0595 e. The first-order chi connectivity index (χ1) is 7.91. The molecule has 0 amide bonds. The van der Waals surface area contributed by atoms with Crippen molar-refractivity contribution in [2.75, 3.05) is 20.6 Å². The molecular formula is C13H20Cl2N2. The van der Waals surface area contributed by atoms with E-state index in [4.69, 9.17) is 23.2 Å². The van der Waals surface area contributed by atoms with Gasteiger partial charge >= 0.3 is 0 Å². The average Bonchev–Trinajstić information content (AvgIpc) is 2.28. The van der Waals surface area contributed by atoms with Gasteiger partial charge in [0.1, 0.15) is 0 Å². The molecule has 4 heteroatoms. The van der Waals surface area contributed by atoms with Crippen LogP contribution in [0.5, 0.6) is 0 Å². The van der Waals surface area contributed by atoms with E-state index >= 15 is 0 Å². The van der Waals surface area contributed by atoms with Gasteiger partial charge in [-0.05, 0) is 45.6 Å². The summed E-state index contributed by atoms with van der Waals surface area (Å²) in [4.78, 5) is 2.19. The summed E-state index contributed by atoms with van der Waals surface area (Å²) in [6, 6.07) is 6.54. The van der Waals surface area contributed by atoms with Crippen molar-refractivity contribution in [1.82, 2.24) is 10.2 Å². The van der Waals surface area contributed by atoms with Gasteiger partial charge < -0.3 is 10.2 Å². The molecule has 1 aromatic carbocycles. The topological polar surface area (TPSA) is 15.3 Å². The highest BCUT2D eigenvalue weighted by molar-refractivity contribution is 6.42. The maximum atomic E-state index is 6.00. The number of nitrogens with zero attached hydrogens (tertiary/aromatic N) is 1. The zero-order valence-electron chi connectivity index (χ0n) is 10.8. The van der Waals surface area contributed by atoms with Crippen molar-refractivity contribution in [2.45, 2.75) is 25.9 Å². The van der Waals surface area contributed by atoms with Gasteiger partial charge in [0.05, 0.1) is 10.0 Å². The normalized spacial score (nSPS) is 15.0. The maximum absolute atomic E-state index is 6.00. The molecule has 0 aliphatic rings. The Morgan fingerprint density at radius 1 is 1.18 bits per heavy atom. The van der Waals surface area contributed by atoms with Gasteiger partial charge in [-0.3, -0.25) is 0 Å². The lowest BCUT2D eigenvalue weighted by Gasteiger charge is -2.23. The van der Waals surface area contributed by atoms with Crippen LogP contribution in [0.15, 0.2) is 18.2 Å². The quantitative estimate of drug-likeness (QED) is 0.883. The van der Waals surface area contributed by atoms with Crippen molar-refractivity contribution >= 4 is 23.2 Å². The van der Waals surface area contributed by atoms with Crippen LogP contribution in [-0.2, 0) is 0 Å². The summed E-state index contributed by atoms with van der Waals surface area (Å²) >= 11 is 11.9. The number of benzene rings is 1. The molecular weight excluding hydrogens is 255 g/mol. The molecule has 0 aliphatic carbocycles. The standard InChI is InChI=1S/C13H20Cl2N2/c1-9(17(3)4)8-16-10(2)11-5-6-12(14)13(15)7-11/h5-7,9-10,16H,8H2,1-4H3. The van der Waals surface area contributed by atoms with Crippen LogP contribution >= 0.6 is 23.2 Å². The van der Waals surface area contributed by atoms with Crippen LogP contribution in [0.2, 0.25) is 10.0 Å². The average molecular weight is 275 g/mol. The van der Waals surface area contributed by atoms with E-state index in [0.29, 0.717) is 16.1 Å². The first-order valence-corrected chi connectivity index (χ1v) is 6.52. The summed E-state index contributed by atoms with van der Waals surface area (Å²) < 4.78 is 0. The molecule has 1 aromatic rings. The van der Waals surface area contributed by atoms with Crippen LogP contribution in [0, 0.1) is 0 Å². The molecule has 0 fully saturated rings. The van der Waals surface area contributed by atoms with Gasteiger partial charge in [0.25, 0.3) is 0 Å². The summed E-state index contributed by atoms with van der Waals surface area (Å²) in [5.74, 6) is 0. The van der Waals surface area contributed by atoms with E-state index in [-0.39, 0.29) is 6.04 Å². The molecule has 1 N–H and O–H groups in total. The van der Waals surface area contributed by atoms with Gasteiger partial charge in [-0.15, -0.1) is 0 Å². The summed E-state index contributed by atoms with van der Waals surface area (Å²) in [6.07, 6.45) is 0. The van der Waals surface area contributed by atoms with E-state index < -0.39 is 0 Å². The van der Waals surface area contributed by atoms with Crippen molar-refractivity contribution in [3.05, 3.63) is 33.8 Å². The number of nitrogens with one attached hydrogen (secondary N) is 1. The fourth-order valence-corrected chi connectivity index (χ4v) is 1.74. The fraction of sp³-hybridized carbons (Fsp3) is 0.538. The van der Waals surface area contributed by atoms with Crippen LogP contribution in [0.3, 0.4) is 0 Å². The number of hydrogen-bond donors (Lipinski definition) is 1. The molecule has 0 spiro atoms. The minimum absolute atomic E-state index is 0.271. The summed E-state index contributed by atoms with van der Waals surface area (Å²) in [5, 5.41) is 4.69. The highest BCUT2D eigenvalue weighted by Gasteiger charge is 2.10. The van der Waals surface area contributed by atoms with E-state index in [9.17, 15) is 0 Å². The molecule has 0 saturated carbocycles. The SMILES string of the molecule is CC(NCC(C)N(C)C)c1ccc(Cl)c(Cl)c1. The molecule has 0 saturated heterocycles. The number of halogens is 2. The van der Waals surface area contributed by atoms with E-state index in [2.05, 4.69) is 38.2 Å². The minimum atomic E-state index is 0.271. The Hall–Kier alpha value is -0.280. The molecule has 2 nitrogen and oxygen atoms in total. The van der Waals surface area contributed by atoms with E-state index in [1.165, 1.54) is 0 Å². The molecule has 96 valence electrons. The molecule has 2 atom stereocenters. The monoisotopic (exact) mass is 274 g/mol. The van der Waals surface area contributed by atoms with Gasteiger partial charge in [0.15, 0.2) is 0 Å². The van der Waals surface area contributed by atoms with Crippen molar-refractivity contribution < 1.29 is 0 Å². The first kappa shape index (κ1) is 14.8. The van der Waals surface area contributed by atoms with Crippen molar-refractivity contribution in [3.63, 3.8) is 0 Å². The van der Waals surface area contributed by atoms with Gasteiger partial charge in [-0.25, -0.2) is 0 Å². The van der Waals surface area contributed by atoms with E-state index in [1.54, 1.807) is 0 Å². The van der Waals surface area contributed by atoms with Crippen LogP contribution in [0.4, 0.5) is 0 Å². The summed E-state index contributed by atoms with van der Waals surface area (Å²) in [7, 11) is 4.16. The predicted octanol–water partition coefficient (Wildman–Crippen LogP) is 3.59. The van der Waals surface area contributed by atoms with Crippen molar-refractivity contribution in [1.29, 1.82) is 0 Å². The Morgan fingerprint density at radius 2 is 1.82 bits per heavy atom.